The lowest BCUT2D eigenvalue weighted by Crippen LogP contribution is -2.49. The molecule has 2 aromatic rings. The lowest BCUT2D eigenvalue weighted by Gasteiger charge is -2.35. The summed E-state index contributed by atoms with van der Waals surface area (Å²) in [7, 11) is -1.70. The molecule has 1 aliphatic heterocycles. The van der Waals surface area contributed by atoms with Crippen LogP contribution in [-0.2, 0) is 4.74 Å². The van der Waals surface area contributed by atoms with Crippen molar-refractivity contribution in [2.45, 2.75) is 45.3 Å². The molecule has 1 unspecified atom stereocenters. The first-order valence-electron chi connectivity index (χ1n) is 9.73. The van der Waals surface area contributed by atoms with Gasteiger partial charge in [-0.2, -0.15) is 0 Å². The number of carbonyl (C=O) groups excluding carboxylic acids is 1. The first kappa shape index (κ1) is 21.8. The van der Waals surface area contributed by atoms with E-state index in [2.05, 4.69) is 10.3 Å². The maximum absolute atomic E-state index is 12.2. The second kappa shape index (κ2) is 8.45. The van der Waals surface area contributed by atoms with Gasteiger partial charge in [0.1, 0.15) is 17.5 Å². The van der Waals surface area contributed by atoms with Crippen molar-refractivity contribution in [1.29, 1.82) is 0 Å². The molecule has 11 heteroatoms. The van der Waals surface area contributed by atoms with Gasteiger partial charge >= 0.3 is 18.9 Å². The van der Waals surface area contributed by atoms with Crippen LogP contribution in [0.15, 0.2) is 24.4 Å². The normalized spacial score (nSPS) is 17.0. The number of amides is 1. The lowest BCUT2D eigenvalue weighted by atomic mass is 9.79. The second-order valence-electron chi connectivity index (χ2n) is 8.33. The zero-order valence-electron chi connectivity index (χ0n) is 17.2. The Morgan fingerprint density at radius 1 is 1.40 bits per heavy atom. The third-order valence-corrected chi connectivity index (χ3v) is 4.80. The van der Waals surface area contributed by atoms with Crippen LogP contribution >= 0.6 is 0 Å². The number of ether oxygens (including phenoxy) is 1. The number of rotatable bonds is 4. The second-order valence-corrected chi connectivity index (χ2v) is 8.33. The molecule has 1 amide bonds. The van der Waals surface area contributed by atoms with E-state index in [0.717, 1.165) is 0 Å². The van der Waals surface area contributed by atoms with Gasteiger partial charge in [-0.05, 0) is 45.1 Å². The topological polar surface area (TPSA) is 138 Å². The number of piperidine rings is 1. The van der Waals surface area contributed by atoms with E-state index < -0.39 is 23.7 Å². The van der Waals surface area contributed by atoms with E-state index in [1.165, 1.54) is 18.3 Å². The Morgan fingerprint density at radius 3 is 2.77 bits per heavy atom. The number of benzene rings is 1. The summed E-state index contributed by atoms with van der Waals surface area (Å²) in [5.41, 5.74) is 0.266. The highest BCUT2D eigenvalue weighted by Gasteiger charge is 2.30. The minimum Gasteiger partial charge on any atom is -0.444 e. The molecule has 1 atom stereocenters. The molecule has 1 aromatic heterocycles. The molecule has 3 rings (SSSR count). The lowest BCUT2D eigenvalue weighted by molar-refractivity contribution is -0.384. The fourth-order valence-electron chi connectivity index (χ4n) is 3.58. The summed E-state index contributed by atoms with van der Waals surface area (Å²) in [6.45, 7) is 6.24. The predicted octanol–water partition coefficient (Wildman–Crippen LogP) is 1.32. The smallest absolute Gasteiger partial charge is 0.444 e. The summed E-state index contributed by atoms with van der Waals surface area (Å²) >= 11 is 0. The van der Waals surface area contributed by atoms with Crippen molar-refractivity contribution in [1.82, 2.24) is 10.3 Å². The Kier molecular flexibility index (Phi) is 6.13. The van der Waals surface area contributed by atoms with Crippen molar-refractivity contribution in [3.05, 3.63) is 34.5 Å². The van der Waals surface area contributed by atoms with E-state index in [4.69, 9.17) is 4.74 Å². The number of nitrogens with one attached hydrogen (secondary N) is 1. The SMILES string of the molecule is CC(C)(C)OC(=O)NC1CCCN(c2c([N+](=O)[O-])cnc3ccc(B(O)O)cc23)C1. The Morgan fingerprint density at radius 2 is 2.13 bits per heavy atom. The molecule has 30 heavy (non-hydrogen) atoms. The number of nitrogens with zero attached hydrogens (tertiary/aromatic N) is 3. The highest BCUT2D eigenvalue weighted by atomic mass is 16.6. The number of pyridine rings is 1. The maximum Gasteiger partial charge on any atom is 0.488 e. The molecule has 3 N–H and O–H groups in total. The Bertz CT molecular complexity index is 962. The van der Waals surface area contributed by atoms with Gasteiger partial charge in [0, 0.05) is 24.5 Å². The molecule has 0 spiro atoms. The summed E-state index contributed by atoms with van der Waals surface area (Å²) in [5, 5.41) is 34.0. The van der Waals surface area contributed by atoms with Crippen LogP contribution in [0.1, 0.15) is 33.6 Å². The third kappa shape index (κ3) is 4.97. The number of nitro groups is 1. The van der Waals surface area contributed by atoms with Crippen LogP contribution in [0.2, 0.25) is 0 Å². The van der Waals surface area contributed by atoms with Crippen LogP contribution in [0, 0.1) is 10.1 Å². The molecule has 0 radical (unpaired) electrons. The third-order valence-electron chi connectivity index (χ3n) is 4.80. The molecule has 1 saturated heterocycles. The number of carbonyl (C=O) groups is 1. The van der Waals surface area contributed by atoms with Gasteiger partial charge in [-0.25, -0.2) is 9.78 Å². The van der Waals surface area contributed by atoms with Crippen molar-refractivity contribution < 1.29 is 24.5 Å². The van der Waals surface area contributed by atoms with Crippen molar-refractivity contribution >= 4 is 41.0 Å². The van der Waals surface area contributed by atoms with Gasteiger partial charge in [-0.15, -0.1) is 0 Å². The Hall–Kier alpha value is -2.92. The Balaban J connectivity index is 1.95. The molecular weight excluding hydrogens is 391 g/mol. The molecule has 2 heterocycles. The van der Waals surface area contributed by atoms with Gasteiger partial charge in [0.2, 0.25) is 0 Å². The van der Waals surface area contributed by atoms with Gasteiger partial charge in [-0.3, -0.25) is 10.1 Å². The van der Waals surface area contributed by atoms with Crippen LogP contribution in [0.4, 0.5) is 16.2 Å². The van der Waals surface area contributed by atoms with E-state index in [-0.39, 0.29) is 17.2 Å². The molecule has 10 nitrogen and oxygen atoms in total. The number of fused-ring (bicyclic) bond motifs is 1. The number of alkyl carbamates (subject to hydrolysis) is 1. The first-order chi connectivity index (χ1) is 14.0. The summed E-state index contributed by atoms with van der Waals surface area (Å²) in [6.07, 6.45) is 2.10. The van der Waals surface area contributed by atoms with Crippen LogP contribution in [-0.4, -0.2) is 57.9 Å². The van der Waals surface area contributed by atoms with E-state index in [0.29, 0.717) is 42.5 Å². The van der Waals surface area contributed by atoms with Gasteiger partial charge in [0.25, 0.3) is 0 Å². The summed E-state index contributed by atoms with van der Waals surface area (Å²) in [6, 6.07) is 4.36. The zero-order valence-corrected chi connectivity index (χ0v) is 17.2. The monoisotopic (exact) mass is 416 g/mol. The van der Waals surface area contributed by atoms with E-state index in [1.807, 2.05) is 4.90 Å². The summed E-state index contributed by atoms with van der Waals surface area (Å²) < 4.78 is 5.31. The van der Waals surface area contributed by atoms with Gasteiger partial charge in [0.15, 0.2) is 0 Å². The number of hydrogen-bond acceptors (Lipinski definition) is 8. The quantitative estimate of drug-likeness (QED) is 0.385. The molecule has 0 bridgehead atoms. The predicted molar refractivity (Wildman–Crippen MR) is 113 cm³/mol. The highest BCUT2D eigenvalue weighted by molar-refractivity contribution is 6.59. The molecular formula is C19H25BN4O6. The van der Waals surface area contributed by atoms with E-state index >= 15 is 0 Å². The Labute approximate surface area is 174 Å². The van der Waals surface area contributed by atoms with Crippen LogP contribution in [0.25, 0.3) is 10.9 Å². The fourth-order valence-corrected chi connectivity index (χ4v) is 3.58. The van der Waals surface area contributed by atoms with Gasteiger partial charge < -0.3 is 25.0 Å². The van der Waals surface area contributed by atoms with E-state index in [9.17, 15) is 25.0 Å². The largest absolute Gasteiger partial charge is 0.488 e. The average Bonchev–Trinajstić information content (AvgIpc) is 2.65. The van der Waals surface area contributed by atoms with Crippen molar-refractivity contribution in [3.63, 3.8) is 0 Å². The zero-order chi connectivity index (χ0) is 22.1. The van der Waals surface area contributed by atoms with Crippen LogP contribution < -0.4 is 15.7 Å². The number of aromatic nitrogens is 1. The van der Waals surface area contributed by atoms with Crippen molar-refractivity contribution in [2.24, 2.45) is 0 Å². The standard InChI is InChI=1S/C19H25BN4O6/c1-19(2,3)30-18(25)22-13-5-4-8-23(11-13)17-14-9-12(20(26)27)6-7-15(14)21-10-16(17)24(28)29/h6-7,9-10,13,26-27H,4-5,8,11H2,1-3H3,(H,22,25). The highest BCUT2D eigenvalue weighted by Crippen LogP contribution is 2.36. The van der Waals surface area contributed by atoms with Gasteiger partial charge in [-0.1, -0.05) is 12.1 Å². The summed E-state index contributed by atoms with van der Waals surface area (Å²) in [4.78, 5) is 29.3. The van der Waals surface area contributed by atoms with E-state index in [1.54, 1.807) is 26.8 Å². The van der Waals surface area contributed by atoms with Crippen LogP contribution in [0.5, 0.6) is 0 Å². The van der Waals surface area contributed by atoms with Crippen molar-refractivity contribution in [3.8, 4) is 0 Å². The number of hydrogen-bond donors (Lipinski definition) is 3. The van der Waals surface area contributed by atoms with Crippen molar-refractivity contribution in [2.75, 3.05) is 18.0 Å². The van der Waals surface area contributed by atoms with Crippen LogP contribution in [0.3, 0.4) is 0 Å². The molecule has 160 valence electrons. The minimum absolute atomic E-state index is 0.176. The molecule has 1 fully saturated rings. The average molecular weight is 416 g/mol. The maximum atomic E-state index is 12.2. The molecule has 0 aliphatic carbocycles. The molecule has 1 aromatic carbocycles. The summed E-state index contributed by atoms with van der Waals surface area (Å²) in [5.74, 6) is 0. The molecule has 1 aliphatic rings. The van der Waals surface area contributed by atoms with Gasteiger partial charge in [0.05, 0.1) is 10.4 Å². The minimum atomic E-state index is -1.70. The fraction of sp³-hybridized carbons (Fsp3) is 0.474. The first-order valence-corrected chi connectivity index (χ1v) is 9.73. The molecule has 0 saturated carbocycles. The number of anilines is 1.